The van der Waals surface area contributed by atoms with Gasteiger partial charge >= 0.3 is 5.97 Å². The minimum absolute atomic E-state index is 0.0177. The number of pyridine rings is 2. The number of carbonyl (C=O) groups excluding carboxylic acids is 1. The maximum atomic E-state index is 13.4. The third kappa shape index (κ3) is 4.43. The molecule has 10 heteroatoms. The number of rotatable bonds is 6. The van der Waals surface area contributed by atoms with Gasteiger partial charge in [0.1, 0.15) is 11.5 Å². The van der Waals surface area contributed by atoms with Gasteiger partial charge in [0, 0.05) is 30.7 Å². The van der Waals surface area contributed by atoms with E-state index in [2.05, 4.69) is 20.2 Å². The second-order valence-corrected chi connectivity index (χ2v) is 9.73. The molecule has 1 saturated heterocycles. The van der Waals surface area contributed by atoms with E-state index in [4.69, 9.17) is 4.98 Å². The molecule has 2 fully saturated rings. The first kappa shape index (κ1) is 23.9. The number of ketones is 1. The Kier molecular flexibility index (Phi) is 6.42. The molecule has 0 amide bonds. The summed E-state index contributed by atoms with van der Waals surface area (Å²) in [6.45, 7) is 4.56. The molecule has 2 N–H and O–H groups in total. The van der Waals surface area contributed by atoms with Gasteiger partial charge < -0.3 is 15.3 Å². The van der Waals surface area contributed by atoms with E-state index in [9.17, 15) is 19.5 Å². The van der Waals surface area contributed by atoms with Gasteiger partial charge in [0.25, 0.3) is 5.56 Å². The molecule has 3 aromatic heterocycles. The van der Waals surface area contributed by atoms with Gasteiger partial charge in [-0.05, 0) is 57.2 Å². The molecule has 2 aliphatic rings. The first-order valence-electron chi connectivity index (χ1n) is 12.5. The van der Waals surface area contributed by atoms with Crippen molar-refractivity contribution in [1.29, 1.82) is 0 Å². The van der Waals surface area contributed by atoms with Crippen molar-refractivity contribution in [3.8, 4) is 0 Å². The van der Waals surface area contributed by atoms with Crippen molar-refractivity contribution in [3.05, 3.63) is 46.0 Å². The van der Waals surface area contributed by atoms with E-state index < -0.39 is 5.97 Å². The number of carboxylic acids is 1. The number of carboxylic acid groups (broad SMARTS) is 1. The summed E-state index contributed by atoms with van der Waals surface area (Å²) in [5, 5.41) is 13.0. The van der Waals surface area contributed by atoms with Crippen LogP contribution >= 0.6 is 0 Å². The van der Waals surface area contributed by atoms with Gasteiger partial charge in [-0.3, -0.25) is 19.0 Å². The number of aryl methyl sites for hydroxylation is 1. The standard InChI is InChI=1S/C26H30N6O4/c1-15-20-14-28-26(30-23(20)32(18-5-3-4-6-18)24(34)22(15)16(2)33)29-21-8-7-19(13-27-21)31-11-9-17(10-12-31)25(35)36/h7-8,13-14,17-18H,3-6,9-12H2,1-2H3,(H,35,36)(H,27,28,29,30). The Morgan fingerprint density at radius 2 is 1.78 bits per heavy atom. The van der Waals surface area contributed by atoms with Gasteiger partial charge in [-0.2, -0.15) is 4.98 Å². The van der Waals surface area contributed by atoms with E-state index in [1.807, 2.05) is 12.1 Å². The van der Waals surface area contributed by atoms with Crippen molar-refractivity contribution in [2.24, 2.45) is 5.92 Å². The second kappa shape index (κ2) is 9.67. The molecular formula is C26H30N6O4. The molecule has 1 saturated carbocycles. The zero-order valence-corrected chi connectivity index (χ0v) is 20.5. The maximum absolute atomic E-state index is 13.4. The summed E-state index contributed by atoms with van der Waals surface area (Å²) in [7, 11) is 0. The van der Waals surface area contributed by atoms with Crippen molar-refractivity contribution >= 4 is 40.2 Å². The number of aromatic nitrogens is 4. The van der Waals surface area contributed by atoms with Gasteiger partial charge in [0.15, 0.2) is 5.78 Å². The number of Topliss-reactive ketones (excluding diaryl/α,β-unsaturated/α-hetero) is 1. The van der Waals surface area contributed by atoms with E-state index >= 15 is 0 Å². The number of piperidine rings is 1. The highest BCUT2D eigenvalue weighted by Gasteiger charge is 2.26. The normalized spacial score (nSPS) is 17.0. The highest BCUT2D eigenvalue weighted by Crippen LogP contribution is 2.32. The molecule has 3 aromatic rings. The summed E-state index contributed by atoms with van der Waals surface area (Å²) in [6.07, 6.45) is 8.51. The first-order chi connectivity index (χ1) is 17.3. The third-order valence-corrected chi connectivity index (χ3v) is 7.45. The number of fused-ring (bicyclic) bond motifs is 1. The average molecular weight is 491 g/mol. The van der Waals surface area contributed by atoms with Crippen LogP contribution in [0.4, 0.5) is 17.5 Å². The summed E-state index contributed by atoms with van der Waals surface area (Å²) in [5.41, 5.74) is 2.01. The number of aliphatic carboxylic acids is 1. The van der Waals surface area contributed by atoms with Crippen LogP contribution in [-0.2, 0) is 4.79 Å². The Bertz CT molecular complexity index is 1370. The van der Waals surface area contributed by atoms with E-state index in [1.165, 1.54) is 6.92 Å². The van der Waals surface area contributed by atoms with Crippen molar-refractivity contribution in [2.75, 3.05) is 23.3 Å². The number of anilines is 3. The van der Waals surface area contributed by atoms with Gasteiger partial charge in [0.05, 0.1) is 23.4 Å². The van der Waals surface area contributed by atoms with Crippen LogP contribution in [0.1, 0.15) is 67.4 Å². The molecule has 0 bridgehead atoms. The molecule has 10 nitrogen and oxygen atoms in total. The summed E-state index contributed by atoms with van der Waals surface area (Å²) in [4.78, 5) is 52.6. The number of hydrogen-bond acceptors (Lipinski definition) is 8. The SMILES string of the molecule is CC(=O)c1c(C)c2cnc(Nc3ccc(N4CCC(C(=O)O)CC4)cn3)nc2n(C2CCCC2)c1=O. The topological polar surface area (TPSA) is 130 Å². The molecule has 4 heterocycles. The Morgan fingerprint density at radius 3 is 2.39 bits per heavy atom. The Balaban J connectivity index is 1.42. The van der Waals surface area contributed by atoms with Gasteiger partial charge in [0.2, 0.25) is 5.95 Å². The molecule has 0 spiro atoms. The van der Waals surface area contributed by atoms with Crippen LogP contribution in [0.5, 0.6) is 0 Å². The lowest BCUT2D eigenvalue weighted by molar-refractivity contribution is -0.142. The predicted molar refractivity (Wildman–Crippen MR) is 136 cm³/mol. The van der Waals surface area contributed by atoms with E-state index in [0.717, 1.165) is 31.4 Å². The zero-order chi connectivity index (χ0) is 25.4. The molecular weight excluding hydrogens is 460 g/mol. The van der Waals surface area contributed by atoms with Crippen LogP contribution in [0, 0.1) is 12.8 Å². The fourth-order valence-electron chi connectivity index (χ4n) is 5.46. The minimum Gasteiger partial charge on any atom is -0.481 e. The predicted octanol–water partition coefficient (Wildman–Crippen LogP) is 3.86. The number of nitrogens with zero attached hydrogens (tertiary/aromatic N) is 5. The molecule has 1 aliphatic heterocycles. The molecule has 0 unspecified atom stereocenters. The highest BCUT2D eigenvalue weighted by molar-refractivity contribution is 5.99. The summed E-state index contributed by atoms with van der Waals surface area (Å²) < 4.78 is 1.69. The summed E-state index contributed by atoms with van der Waals surface area (Å²) in [5.74, 6) is -0.368. The highest BCUT2D eigenvalue weighted by atomic mass is 16.4. The Labute approximate surface area is 208 Å². The van der Waals surface area contributed by atoms with Crippen LogP contribution in [-0.4, -0.2) is 49.5 Å². The third-order valence-electron chi connectivity index (χ3n) is 7.45. The first-order valence-corrected chi connectivity index (χ1v) is 12.5. The van der Waals surface area contributed by atoms with Gasteiger partial charge in [-0.25, -0.2) is 9.97 Å². The van der Waals surface area contributed by atoms with Crippen molar-refractivity contribution in [2.45, 2.75) is 58.4 Å². The molecule has 0 aromatic carbocycles. The largest absolute Gasteiger partial charge is 0.481 e. The smallest absolute Gasteiger partial charge is 0.306 e. The van der Waals surface area contributed by atoms with Gasteiger partial charge in [-0.1, -0.05) is 12.8 Å². The minimum atomic E-state index is -0.728. The Hall–Kier alpha value is -3.82. The van der Waals surface area contributed by atoms with Crippen molar-refractivity contribution in [3.63, 3.8) is 0 Å². The fraction of sp³-hybridized carbons (Fsp3) is 0.462. The van der Waals surface area contributed by atoms with Crippen molar-refractivity contribution < 1.29 is 14.7 Å². The average Bonchev–Trinajstić information content (AvgIpc) is 3.39. The molecule has 0 atom stereocenters. The summed E-state index contributed by atoms with van der Waals surface area (Å²) in [6, 6.07) is 3.79. The molecule has 36 heavy (non-hydrogen) atoms. The molecule has 5 rings (SSSR count). The second-order valence-electron chi connectivity index (χ2n) is 9.73. The van der Waals surface area contributed by atoms with E-state index in [-0.39, 0.29) is 28.9 Å². The lowest BCUT2D eigenvalue weighted by Gasteiger charge is -2.31. The quantitative estimate of drug-likeness (QED) is 0.495. The van der Waals surface area contributed by atoms with Gasteiger partial charge in [-0.15, -0.1) is 0 Å². The molecule has 1 aliphatic carbocycles. The lowest BCUT2D eigenvalue weighted by Crippen LogP contribution is -2.36. The number of carbonyl (C=O) groups is 2. The van der Waals surface area contributed by atoms with Crippen LogP contribution < -0.4 is 15.8 Å². The molecule has 188 valence electrons. The lowest BCUT2D eigenvalue weighted by atomic mass is 9.97. The van der Waals surface area contributed by atoms with Crippen LogP contribution in [0.25, 0.3) is 11.0 Å². The monoisotopic (exact) mass is 490 g/mol. The van der Waals surface area contributed by atoms with E-state index in [1.54, 1.807) is 23.9 Å². The van der Waals surface area contributed by atoms with Crippen LogP contribution in [0.3, 0.4) is 0 Å². The number of nitrogens with one attached hydrogen (secondary N) is 1. The maximum Gasteiger partial charge on any atom is 0.306 e. The Morgan fingerprint density at radius 1 is 1.06 bits per heavy atom. The zero-order valence-electron chi connectivity index (χ0n) is 20.5. The van der Waals surface area contributed by atoms with E-state index in [0.29, 0.717) is 54.3 Å². The van der Waals surface area contributed by atoms with Crippen LogP contribution in [0.2, 0.25) is 0 Å². The number of hydrogen-bond donors (Lipinski definition) is 2. The van der Waals surface area contributed by atoms with Crippen molar-refractivity contribution in [1.82, 2.24) is 19.5 Å². The fourth-order valence-corrected chi connectivity index (χ4v) is 5.46. The summed E-state index contributed by atoms with van der Waals surface area (Å²) >= 11 is 0. The van der Waals surface area contributed by atoms with Crippen LogP contribution in [0.15, 0.2) is 29.3 Å². The molecule has 0 radical (unpaired) electrons.